The third kappa shape index (κ3) is 5.30. The Morgan fingerprint density at radius 1 is 1.03 bits per heavy atom. The lowest BCUT2D eigenvalue weighted by molar-refractivity contribution is -0.122. The van der Waals surface area contributed by atoms with Gasteiger partial charge in [0.2, 0.25) is 11.8 Å². The largest absolute Gasteiger partial charge is 0.494 e. The zero-order valence-electron chi connectivity index (χ0n) is 19.8. The molecule has 7 heteroatoms. The molecule has 0 spiro atoms. The van der Waals surface area contributed by atoms with Gasteiger partial charge < -0.3 is 24.8 Å². The highest BCUT2D eigenvalue weighted by Crippen LogP contribution is 2.29. The number of amides is 2. The standard InChI is InChI=1S/C26H34N4O3/c1-4-28-12-14-29(15-13-28)22-8-11-24(19(3)16-22)27-26(32)20-17-25(31)30(18-20)21-6-9-23(10-7-21)33-5-2/h6-11,16,20H,4-5,12-15,17-18H2,1-3H3,(H,27,32). The molecule has 1 unspecified atom stereocenters. The van der Waals surface area contributed by atoms with Gasteiger partial charge in [-0.05, 0) is 68.4 Å². The summed E-state index contributed by atoms with van der Waals surface area (Å²) < 4.78 is 5.47. The van der Waals surface area contributed by atoms with Gasteiger partial charge in [0.15, 0.2) is 0 Å². The summed E-state index contributed by atoms with van der Waals surface area (Å²) >= 11 is 0. The van der Waals surface area contributed by atoms with Crippen LogP contribution in [0.4, 0.5) is 17.1 Å². The number of hydrogen-bond donors (Lipinski definition) is 1. The molecular weight excluding hydrogens is 416 g/mol. The molecule has 2 aromatic carbocycles. The number of likely N-dealkylation sites (N-methyl/N-ethyl adjacent to an activating group) is 1. The smallest absolute Gasteiger partial charge is 0.229 e. The van der Waals surface area contributed by atoms with E-state index >= 15 is 0 Å². The first-order valence-corrected chi connectivity index (χ1v) is 11.9. The first-order chi connectivity index (χ1) is 16.0. The number of carbonyl (C=O) groups is 2. The average molecular weight is 451 g/mol. The summed E-state index contributed by atoms with van der Waals surface area (Å²) in [4.78, 5) is 32.1. The van der Waals surface area contributed by atoms with Crippen molar-refractivity contribution in [2.24, 2.45) is 5.92 Å². The van der Waals surface area contributed by atoms with E-state index in [9.17, 15) is 9.59 Å². The molecule has 1 atom stereocenters. The zero-order valence-corrected chi connectivity index (χ0v) is 19.8. The first-order valence-electron chi connectivity index (χ1n) is 11.9. The Labute approximate surface area is 196 Å². The maximum Gasteiger partial charge on any atom is 0.229 e. The van der Waals surface area contributed by atoms with Gasteiger partial charge in [0.05, 0.1) is 12.5 Å². The van der Waals surface area contributed by atoms with Crippen LogP contribution < -0.4 is 19.9 Å². The summed E-state index contributed by atoms with van der Waals surface area (Å²) in [6.45, 7) is 12.4. The average Bonchev–Trinajstić information content (AvgIpc) is 3.23. The van der Waals surface area contributed by atoms with Crippen molar-refractivity contribution in [1.82, 2.24) is 4.90 Å². The van der Waals surface area contributed by atoms with Crippen molar-refractivity contribution in [3.05, 3.63) is 48.0 Å². The summed E-state index contributed by atoms with van der Waals surface area (Å²) in [5.74, 6) is 0.264. The Kier molecular flexibility index (Phi) is 7.18. The Morgan fingerprint density at radius 2 is 1.73 bits per heavy atom. The number of carbonyl (C=O) groups excluding carboxylic acids is 2. The monoisotopic (exact) mass is 450 g/mol. The number of hydrogen-bond acceptors (Lipinski definition) is 5. The van der Waals surface area contributed by atoms with Gasteiger partial charge in [-0.2, -0.15) is 0 Å². The molecule has 2 aliphatic heterocycles. The van der Waals surface area contributed by atoms with Gasteiger partial charge in [-0.3, -0.25) is 9.59 Å². The van der Waals surface area contributed by atoms with Gasteiger partial charge in [0.25, 0.3) is 0 Å². The lowest BCUT2D eigenvalue weighted by Gasteiger charge is -2.35. The van der Waals surface area contributed by atoms with Gasteiger partial charge in [-0.1, -0.05) is 6.92 Å². The van der Waals surface area contributed by atoms with Crippen molar-refractivity contribution in [3.63, 3.8) is 0 Å². The second kappa shape index (κ2) is 10.3. The minimum absolute atomic E-state index is 0.0300. The van der Waals surface area contributed by atoms with Crippen molar-refractivity contribution in [3.8, 4) is 5.75 Å². The van der Waals surface area contributed by atoms with E-state index in [4.69, 9.17) is 4.74 Å². The molecule has 0 radical (unpaired) electrons. The second-order valence-electron chi connectivity index (χ2n) is 8.74. The fourth-order valence-electron chi connectivity index (χ4n) is 4.56. The van der Waals surface area contributed by atoms with E-state index in [0.717, 1.165) is 55.4 Å². The third-order valence-corrected chi connectivity index (χ3v) is 6.61. The number of aryl methyl sites for hydroxylation is 1. The van der Waals surface area contributed by atoms with Gasteiger partial charge in [-0.15, -0.1) is 0 Å². The Morgan fingerprint density at radius 3 is 2.36 bits per heavy atom. The minimum Gasteiger partial charge on any atom is -0.494 e. The van der Waals surface area contributed by atoms with E-state index in [1.54, 1.807) is 4.90 Å². The minimum atomic E-state index is -0.370. The summed E-state index contributed by atoms with van der Waals surface area (Å²) in [7, 11) is 0. The Bertz CT molecular complexity index is 984. The van der Waals surface area contributed by atoms with Crippen LogP contribution in [0.1, 0.15) is 25.8 Å². The van der Waals surface area contributed by atoms with Crippen LogP contribution in [0, 0.1) is 12.8 Å². The first kappa shape index (κ1) is 23.1. The molecule has 4 rings (SSSR count). The number of nitrogens with zero attached hydrogens (tertiary/aromatic N) is 3. The second-order valence-corrected chi connectivity index (χ2v) is 8.74. The number of ether oxygens (including phenoxy) is 1. The molecule has 33 heavy (non-hydrogen) atoms. The van der Waals surface area contributed by atoms with Crippen LogP contribution in [0.3, 0.4) is 0 Å². The predicted molar refractivity (Wildman–Crippen MR) is 132 cm³/mol. The van der Waals surface area contributed by atoms with Crippen LogP contribution in [0.5, 0.6) is 5.75 Å². The van der Waals surface area contributed by atoms with Crippen molar-refractivity contribution in [2.45, 2.75) is 27.2 Å². The molecule has 2 aliphatic rings. The molecule has 1 N–H and O–H groups in total. The molecule has 0 bridgehead atoms. The van der Waals surface area contributed by atoms with E-state index in [1.807, 2.05) is 44.2 Å². The van der Waals surface area contributed by atoms with E-state index in [2.05, 4.69) is 34.2 Å². The molecule has 0 saturated carbocycles. The van der Waals surface area contributed by atoms with Gasteiger partial charge in [-0.25, -0.2) is 0 Å². The molecule has 2 saturated heterocycles. The fraction of sp³-hybridized carbons (Fsp3) is 0.462. The van der Waals surface area contributed by atoms with E-state index in [1.165, 1.54) is 5.69 Å². The SMILES string of the molecule is CCOc1ccc(N2CC(C(=O)Nc3ccc(N4CCN(CC)CC4)cc3C)CC2=O)cc1. The van der Waals surface area contributed by atoms with Gasteiger partial charge >= 0.3 is 0 Å². The lowest BCUT2D eigenvalue weighted by Crippen LogP contribution is -2.46. The summed E-state index contributed by atoms with van der Waals surface area (Å²) in [5, 5.41) is 3.05. The van der Waals surface area contributed by atoms with Crippen molar-refractivity contribution in [1.29, 1.82) is 0 Å². The number of anilines is 3. The summed E-state index contributed by atoms with van der Waals surface area (Å²) in [6, 6.07) is 13.6. The maximum atomic E-state index is 13.0. The lowest BCUT2D eigenvalue weighted by atomic mass is 10.1. The topological polar surface area (TPSA) is 65.1 Å². The quantitative estimate of drug-likeness (QED) is 0.699. The Balaban J connectivity index is 1.36. The third-order valence-electron chi connectivity index (χ3n) is 6.61. The summed E-state index contributed by atoms with van der Waals surface area (Å²) in [5.41, 5.74) is 3.83. The van der Waals surface area contributed by atoms with Crippen molar-refractivity contribution >= 4 is 28.9 Å². The molecular formula is C26H34N4O3. The number of rotatable bonds is 7. The van der Waals surface area contributed by atoms with Crippen LogP contribution >= 0.6 is 0 Å². The Hall–Kier alpha value is -3.06. The van der Waals surface area contributed by atoms with E-state index in [0.29, 0.717) is 13.2 Å². The number of benzene rings is 2. The van der Waals surface area contributed by atoms with Crippen molar-refractivity contribution in [2.75, 3.05) is 61.0 Å². The predicted octanol–water partition coefficient (Wildman–Crippen LogP) is 3.53. The van der Waals surface area contributed by atoms with Gasteiger partial charge in [0, 0.05) is 56.2 Å². The normalized spacial score (nSPS) is 19.1. The highest BCUT2D eigenvalue weighted by Gasteiger charge is 2.35. The molecule has 7 nitrogen and oxygen atoms in total. The maximum absolute atomic E-state index is 13.0. The van der Waals surface area contributed by atoms with Crippen LogP contribution in [-0.4, -0.2) is 62.6 Å². The van der Waals surface area contributed by atoms with Crippen LogP contribution in [0.2, 0.25) is 0 Å². The molecule has 2 heterocycles. The highest BCUT2D eigenvalue weighted by atomic mass is 16.5. The van der Waals surface area contributed by atoms with Gasteiger partial charge in [0.1, 0.15) is 5.75 Å². The molecule has 0 aromatic heterocycles. The van der Waals surface area contributed by atoms with E-state index < -0.39 is 0 Å². The fourth-order valence-corrected chi connectivity index (χ4v) is 4.56. The summed E-state index contributed by atoms with van der Waals surface area (Å²) in [6.07, 6.45) is 0.220. The number of nitrogens with one attached hydrogen (secondary N) is 1. The highest BCUT2D eigenvalue weighted by molar-refractivity contribution is 6.03. The van der Waals surface area contributed by atoms with Crippen LogP contribution in [0.25, 0.3) is 0 Å². The molecule has 176 valence electrons. The molecule has 2 aromatic rings. The van der Waals surface area contributed by atoms with Crippen molar-refractivity contribution < 1.29 is 14.3 Å². The molecule has 0 aliphatic carbocycles. The zero-order chi connectivity index (χ0) is 23.4. The number of piperazine rings is 1. The van der Waals surface area contributed by atoms with Crippen LogP contribution in [-0.2, 0) is 9.59 Å². The van der Waals surface area contributed by atoms with E-state index in [-0.39, 0.29) is 24.2 Å². The molecule has 2 fully saturated rings. The molecule has 2 amide bonds. The van der Waals surface area contributed by atoms with Crippen LogP contribution in [0.15, 0.2) is 42.5 Å².